The highest BCUT2D eigenvalue weighted by Gasteiger charge is 2.22. The quantitative estimate of drug-likeness (QED) is 0.662. The maximum Gasteiger partial charge on any atom is 0.304 e. The fourth-order valence-corrected chi connectivity index (χ4v) is 3.67. The van der Waals surface area contributed by atoms with Gasteiger partial charge in [-0.25, -0.2) is 8.42 Å². The standard InChI is InChI=1S/C19H18ClNO6S/c1-26-15-8-10-17(27-2)18(12-15)28(24,25)21-16-9-7-14(20)11-13(16)5-3-4-6-19(22)23/h7-12,21H,4,6H2,1-2H3,(H,22,23). The van der Waals surface area contributed by atoms with Crippen molar-refractivity contribution in [2.75, 3.05) is 18.9 Å². The van der Waals surface area contributed by atoms with Crippen LogP contribution in [0.1, 0.15) is 18.4 Å². The summed E-state index contributed by atoms with van der Waals surface area (Å²) in [6, 6.07) is 8.91. The van der Waals surface area contributed by atoms with Gasteiger partial charge >= 0.3 is 5.97 Å². The number of benzene rings is 2. The van der Waals surface area contributed by atoms with Gasteiger partial charge in [0, 0.05) is 17.5 Å². The van der Waals surface area contributed by atoms with Gasteiger partial charge in [0.2, 0.25) is 0 Å². The molecule has 2 N–H and O–H groups in total. The van der Waals surface area contributed by atoms with E-state index in [0.29, 0.717) is 16.3 Å². The highest BCUT2D eigenvalue weighted by Crippen LogP contribution is 2.31. The van der Waals surface area contributed by atoms with Crippen LogP contribution in [0.4, 0.5) is 5.69 Å². The minimum Gasteiger partial charge on any atom is -0.497 e. The Balaban J connectivity index is 2.40. The number of rotatable bonds is 7. The number of anilines is 1. The van der Waals surface area contributed by atoms with E-state index in [1.807, 2.05) is 0 Å². The monoisotopic (exact) mass is 423 g/mol. The lowest BCUT2D eigenvalue weighted by atomic mass is 10.2. The lowest BCUT2D eigenvalue weighted by Gasteiger charge is -2.14. The fourth-order valence-electron chi connectivity index (χ4n) is 2.23. The molecule has 0 unspecified atom stereocenters. The number of halogens is 1. The molecule has 0 bridgehead atoms. The highest BCUT2D eigenvalue weighted by atomic mass is 35.5. The maximum absolute atomic E-state index is 12.9. The number of nitrogens with one attached hydrogen (secondary N) is 1. The number of carboxylic acids is 1. The molecule has 0 aromatic heterocycles. The van der Waals surface area contributed by atoms with Crippen LogP contribution in [0.3, 0.4) is 0 Å². The molecule has 9 heteroatoms. The van der Waals surface area contributed by atoms with Gasteiger partial charge in [0.15, 0.2) is 0 Å². The summed E-state index contributed by atoms with van der Waals surface area (Å²) in [4.78, 5) is 10.5. The van der Waals surface area contributed by atoms with Crippen LogP contribution < -0.4 is 14.2 Å². The number of methoxy groups -OCH3 is 2. The van der Waals surface area contributed by atoms with Gasteiger partial charge in [0.05, 0.1) is 31.9 Å². The van der Waals surface area contributed by atoms with Gasteiger partial charge < -0.3 is 14.6 Å². The Labute approximate surface area is 168 Å². The van der Waals surface area contributed by atoms with Crippen molar-refractivity contribution in [3.8, 4) is 23.3 Å². The molecule has 0 aliphatic heterocycles. The third kappa shape index (κ3) is 5.55. The van der Waals surface area contributed by atoms with Gasteiger partial charge in [-0.15, -0.1) is 0 Å². The molecule has 148 valence electrons. The van der Waals surface area contributed by atoms with E-state index in [1.54, 1.807) is 6.07 Å². The Morgan fingerprint density at radius 1 is 1.18 bits per heavy atom. The molecule has 0 saturated heterocycles. The summed E-state index contributed by atoms with van der Waals surface area (Å²) in [5.74, 6) is 4.99. The van der Waals surface area contributed by atoms with Gasteiger partial charge in [-0.2, -0.15) is 0 Å². The van der Waals surface area contributed by atoms with Crippen molar-refractivity contribution in [2.45, 2.75) is 17.7 Å². The smallest absolute Gasteiger partial charge is 0.304 e. The summed E-state index contributed by atoms with van der Waals surface area (Å²) in [5.41, 5.74) is 0.528. The van der Waals surface area contributed by atoms with Gasteiger partial charge in [-0.3, -0.25) is 9.52 Å². The lowest BCUT2D eigenvalue weighted by Crippen LogP contribution is -2.15. The van der Waals surface area contributed by atoms with Crippen LogP contribution in [0.25, 0.3) is 0 Å². The number of aliphatic carboxylic acids is 1. The molecule has 0 heterocycles. The molecule has 0 fully saturated rings. The molecular weight excluding hydrogens is 406 g/mol. The summed E-state index contributed by atoms with van der Waals surface area (Å²) in [6.07, 6.45) is 0.00732. The van der Waals surface area contributed by atoms with E-state index in [0.717, 1.165) is 0 Å². The number of ether oxygens (including phenoxy) is 2. The molecule has 0 aliphatic carbocycles. The topological polar surface area (TPSA) is 102 Å². The summed E-state index contributed by atoms with van der Waals surface area (Å²) in [6.45, 7) is 0. The van der Waals surface area contributed by atoms with Crippen molar-refractivity contribution < 1.29 is 27.8 Å². The first-order valence-electron chi connectivity index (χ1n) is 8.02. The molecule has 0 saturated carbocycles. The number of carbonyl (C=O) groups is 1. The summed E-state index contributed by atoms with van der Waals surface area (Å²) >= 11 is 5.98. The van der Waals surface area contributed by atoms with Crippen LogP contribution in [0, 0.1) is 11.8 Å². The fraction of sp³-hybridized carbons (Fsp3) is 0.211. The van der Waals surface area contributed by atoms with Crippen molar-refractivity contribution in [1.82, 2.24) is 0 Å². The van der Waals surface area contributed by atoms with Crippen molar-refractivity contribution in [2.24, 2.45) is 0 Å². The first-order chi connectivity index (χ1) is 13.3. The first kappa shape index (κ1) is 21.4. The predicted molar refractivity (Wildman–Crippen MR) is 106 cm³/mol. The zero-order valence-electron chi connectivity index (χ0n) is 15.2. The Kier molecular flexibility index (Phi) is 7.15. The zero-order chi connectivity index (χ0) is 20.7. The van der Waals surface area contributed by atoms with E-state index in [-0.39, 0.29) is 29.2 Å². The van der Waals surface area contributed by atoms with Crippen molar-refractivity contribution in [3.63, 3.8) is 0 Å². The molecule has 7 nitrogen and oxygen atoms in total. The van der Waals surface area contributed by atoms with Crippen LogP contribution in [-0.4, -0.2) is 33.7 Å². The molecule has 0 radical (unpaired) electrons. The second-order valence-electron chi connectivity index (χ2n) is 5.51. The summed E-state index contributed by atoms with van der Waals surface area (Å²) < 4.78 is 38.5. The lowest BCUT2D eigenvalue weighted by molar-refractivity contribution is -0.136. The number of sulfonamides is 1. The molecule has 2 rings (SSSR count). The summed E-state index contributed by atoms with van der Waals surface area (Å²) in [5, 5.41) is 9.04. The van der Waals surface area contributed by atoms with E-state index in [1.165, 1.54) is 44.6 Å². The molecule has 0 aliphatic rings. The second kappa shape index (κ2) is 9.35. The Morgan fingerprint density at radius 2 is 1.93 bits per heavy atom. The van der Waals surface area contributed by atoms with Crippen LogP contribution in [0.5, 0.6) is 11.5 Å². The summed E-state index contributed by atoms with van der Waals surface area (Å²) in [7, 11) is -1.24. The minimum absolute atomic E-state index is 0.103. The number of carboxylic acid groups (broad SMARTS) is 1. The van der Waals surface area contributed by atoms with E-state index < -0.39 is 16.0 Å². The van der Waals surface area contributed by atoms with E-state index >= 15 is 0 Å². The molecule has 2 aromatic rings. The SMILES string of the molecule is COc1ccc(OC)c(S(=O)(=O)Nc2ccc(Cl)cc2C#CCCC(=O)O)c1. The predicted octanol–water partition coefficient (Wildman–Crippen LogP) is 3.37. The molecular formula is C19H18ClNO6S. The molecule has 0 amide bonds. The van der Waals surface area contributed by atoms with Gasteiger partial charge in [0.25, 0.3) is 10.0 Å². The van der Waals surface area contributed by atoms with Gasteiger partial charge in [-0.1, -0.05) is 23.4 Å². The third-order valence-corrected chi connectivity index (χ3v) is 5.19. The maximum atomic E-state index is 12.9. The second-order valence-corrected chi connectivity index (χ2v) is 7.59. The van der Waals surface area contributed by atoms with Crippen molar-refractivity contribution in [3.05, 3.63) is 47.0 Å². The number of hydrogen-bond acceptors (Lipinski definition) is 5. The Bertz CT molecular complexity index is 1040. The molecule has 0 atom stereocenters. The van der Waals surface area contributed by atoms with Crippen LogP contribution >= 0.6 is 11.6 Å². The van der Waals surface area contributed by atoms with Crippen molar-refractivity contribution in [1.29, 1.82) is 0 Å². The van der Waals surface area contributed by atoms with Crippen LogP contribution in [-0.2, 0) is 14.8 Å². The molecule has 2 aromatic carbocycles. The first-order valence-corrected chi connectivity index (χ1v) is 9.88. The van der Waals surface area contributed by atoms with E-state index in [2.05, 4.69) is 16.6 Å². The van der Waals surface area contributed by atoms with Crippen LogP contribution in [0.2, 0.25) is 5.02 Å². The average Bonchev–Trinajstić information content (AvgIpc) is 2.66. The Morgan fingerprint density at radius 3 is 2.57 bits per heavy atom. The largest absolute Gasteiger partial charge is 0.497 e. The van der Waals surface area contributed by atoms with Crippen molar-refractivity contribution >= 4 is 33.3 Å². The zero-order valence-corrected chi connectivity index (χ0v) is 16.7. The normalized spacial score (nSPS) is 10.5. The van der Waals surface area contributed by atoms with E-state index in [9.17, 15) is 13.2 Å². The van der Waals surface area contributed by atoms with E-state index in [4.69, 9.17) is 26.2 Å². The highest BCUT2D eigenvalue weighted by molar-refractivity contribution is 7.92. The molecule has 28 heavy (non-hydrogen) atoms. The third-order valence-electron chi connectivity index (χ3n) is 3.57. The number of hydrogen-bond donors (Lipinski definition) is 2. The van der Waals surface area contributed by atoms with Gasteiger partial charge in [-0.05, 0) is 30.3 Å². The van der Waals surface area contributed by atoms with Crippen LogP contribution in [0.15, 0.2) is 41.3 Å². The molecule has 0 spiro atoms. The van der Waals surface area contributed by atoms with Gasteiger partial charge in [0.1, 0.15) is 16.4 Å². The Hall–Kier alpha value is -2.89. The average molecular weight is 424 g/mol. The minimum atomic E-state index is -4.03.